The van der Waals surface area contributed by atoms with E-state index in [9.17, 15) is 4.79 Å². The van der Waals surface area contributed by atoms with Crippen molar-refractivity contribution in [2.45, 2.75) is 25.5 Å². The van der Waals surface area contributed by atoms with E-state index in [-0.39, 0.29) is 11.7 Å². The number of benzene rings is 1. The Morgan fingerprint density at radius 2 is 2.33 bits per heavy atom. The van der Waals surface area contributed by atoms with Crippen LogP contribution in [0.15, 0.2) is 22.7 Å². The summed E-state index contributed by atoms with van der Waals surface area (Å²) in [7, 11) is 0.918. The van der Waals surface area contributed by atoms with Gasteiger partial charge in [0.05, 0.1) is 0 Å². The van der Waals surface area contributed by atoms with Crippen molar-refractivity contribution in [3.05, 3.63) is 28.2 Å². The van der Waals surface area contributed by atoms with Crippen LogP contribution >= 0.6 is 15.9 Å². The second-order valence-electron chi connectivity index (χ2n) is 3.93. The number of hydrogen-bond acceptors (Lipinski definition) is 1. The van der Waals surface area contributed by atoms with Gasteiger partial charge in [0.25, 0.3) is 0 Å². The summed E-state index contributed by atoms with van der Waals surface area (Å²) in [5.41, 5.74) is 2.20. The SMILES string of the molecule is CBC1CCc2cc(Br)ccc2NC1=O. The summed E-state index contributed by atoms with van der Waals surface area (Å²) in [5, 5.41) is 2.99. The molecule has 0 radical (unpaired) electrons. The predicted octanol–water partition coefficient (Wildman–Crippen LogP) is 2.61. The molecule has 1 aliphatic rings. The minimum absolute atomic E-state index is 0.163. The van der Waals surface area contributed by atoms with Crippen LogP contribution in [0.3, 0.4) is 0 Å². The quantitative estimate of drug-likeness (QED) is 0.777. The number of aryl methyl sites for hydroxylation is 1. The number of anilines is 1. The summed E-state index contributed by atoms with van der Waals surface area (Å²) >= 11 is 3.45. The number of hydrogen-bond donors (Lipinski definition) is 1. The molecule has 1 N–H and O–H groups in total. The maximum absolute atomic E-state index is 11.8. The van der Waals surface area contributed by atoms with E-state index in [4.69, 9.17) is 0 Å². The van der Waals surface area contributed by atoms with Gasteiger partial charge in [-0.15, -0.1) is 0 Å². The molecule has 15 heavy (non-hydrogen) atoms. The van der Waals surface area contributed by atoms with Gasteiger partial charge in [-0.2, -0.15) is 0 Å². The molecule has 1 heterocycles. The molecule has 0 spiro atoms. The highest BCUT2D eigenvalue weighted by Gasteiger charge is 2.22. The highest BCUT2D eigenvalue weighted by Crippen LogP contribution is 2.28. The van der Waals surface area contributed by atoms with Gasteiger partial charge in [0, 0.05) is 16.0 Å². The lowest BCUT2D eigenvalue weighted by Gasteiger charge is -2.08. The minimum Gasteiger partial charge on any atom is -0.326 e. The average molecular weight is 266 g/mol. The van der Waals surface area contributed by atoms with E-state index in [1.807, 2.05) is 12.1 Å². The minimum atomic E-state index is 0.163. The van der Waals surface area contributed by atoms with E-state index in [1.54, 1.807) is 0 Å². The van der Waals surface area contributed by atoms with Gasteiger partial charge in [-0.1, -0.05) is 22.8 Å². The Bertz CT molecular complexity index is 394. The second-order valence-corrected chi connectivity index (χ2v) is 4.85. The summed E-state index contributed by atoms with van der Waals surface area (Å²) in [6.07, 6.45) is 1.93. The first-order valence-electron chi connectivity index (χ1n) is 5.30. The van der Waals surface area contributed by atoms with Crippen LogP contribution in [-0.2, 0) is 11.2 Å². The van der Waals surface area contributed by atoms with E-state index in [1.165, 1.54) is 5.56 Å². The number of carbonyl (C=O) groups is 1. The summed E-state index contributed by atoms with van der Waals surface area (Å²) < 4.78 is 1.07. The van der Waals surface area contributed by atoms with Crippen LogP contribution < -0.4 is 5.32 Å². The molecule has 1 aromatic rings. The molecule has 0 aromatic heterocycles. The molecule has 78 valence electrons. The topological polar surface area (TPSA) is 29.1 Å². The largest absolute Gasteiger partial charge is 0.326 e. The Labute approximate surface area is 98.8 Å². The highest BCUT2D eigenvalue weighted by molar-refractivity contribution is 9.10. The molecule has 0 bridgehead atoms. The summed E-state index contributed by atoms with van der Waals surface area (Å²) in [6, 6.07) is 6.02. The van der Waals surface area contributed by atoms with Crippen LogP contribution in [0.4, 0.5) is 5.69 Å². The Morgan fingerprint density at radius 1 is 1.53 bits per heavy atom. The van der Waals surface area contributed by atoms with E-state index < -0.39 is 0 Å². The number of halogens is 1. The standard InChI is InChI=1S/C11H13BBrNO/c1-12-9-4-2-7-6-8(13)3-5-10(7)14-11(9)15/h3,5-6,9,12H,2,4H2,1H3,(H,14,15). The number of fused-ring (bicyclic) bond motifs is 1. The maximum Gasteiger partial charge on any atom is 0.219 e. The molecule has 0 aliphatic carbocycles. The fraction of sp³-hybridized carbons (Fsp3) is 0.364. The van der Waals surface area contributed by atoms with Gasteiger partial charge in [0.1, 0.15) is 7.28 Å². The van der Waals surface area contributed by atoms with Gasteiger partial charge in [-0.3, -0.25) is 4.79 Å². The Balaban J connectivity index is 2.31. The lowest BCUT2D eigenvalue weighted by atomic mass is 9.64. The number of rotatable bonds is 1. The van der Waals surface area contributed by atoms with Crippen molar-refractivity contribution in [2.24, 2.45) is 0 Å². The summed E-state index contributed by atoms with van der Waals surface area (Å²) in [5.74, 6) is 0.328. The van der Waals surface area contributed by atoms with E-state index >= 15 is 0 Å². The fourth-order valence-corrected chi connectivity index (χ4v) is 2.38. The molecule has 2 nitrogen and oxygen atoms in total. The van der Waals surface area contributed by atoms with Gasteiger partial charge >= 0.3 is 0 Å². The first-order valence-corrected chi connectivity index (χ1v) is 6.09. The zero-order valence-electron chi connectivity index (χ0n) is 8.72. The van der Waals surface area contributed by atoms with Crippen molar-refractivity contribution in [1.82, 2.24) is 0 Å². The van der Waals surface area contributed by atoms with Crippen LogP contribution in [0.1, 0.15) is 12.0 Å². The lowest BCUT2D eigenvalue weighted by Crippen LogP contribution is -2.19. The molecule has 1 amide bonds. The highest BCUT2D eigenvalue weighted by atomic mass is 79.9. The zero-order chi connectivity index (χ0) is 10.8. The van der Waals surface area contributed by atoms with Crippen molar-refractivity contribution in [3.63, 3.8) is 0 Å². The Hall–Kier alpha value is -0.765. The van der Waals surface area contributed by atoms with Crippen LogP contribution in [0.25, 0.3) is 0 Å². The average Bonchev–Trinajstić information content (AvgIpc) is 2.36. The normalized spacial score (nSPS) is 20.1. The fourth-order valence-electron chi connectivity index (χ4n) is 1.98. The third-order valence-corrected chi connectivity index (χ3v) is 3.44. The Kier molecular flexibility index (Phi) is 3.15. The number of amides is 1. The van der Waals surface area contributed by atoms with Crippen molar-refractivity contribution < 1.29 is 4.79 Å². The van der Waals surface area contributed by atoms with Crippen LogP contribution in [-0.4, -0.2) is 13.2 Å². The molecular weight excluding hydrogens is 253 g/mol. The predicted molar refractivity (Wildman–Crippen MR) is 67.9 cm³/mol. The molecule has 1 aromatic carbocycles. The first kappa shape index (κ1) is 10.7. The molecule has 1 aliphatic heterocycles. The molecule has 4 heteroatoms. The van der Waals surface area contributed by atoms with Crippen molar-refractivity contribution >= 4 is 34.8 Å². The molecular formula is C11H13BBrNO. The number of carbonyl (C=O) groups excluding carboxylic acids is 1. The maximum atomic E-state index is 11.8. The van der Waals surface area contributed by atoms with Crippen LogP contribution in [0.2, 0.25) is 12.6 Å². The van der Waals surface area contributed by atoms with Crippen molar-refractivity contribution in [2.75, 3.05) is 5.32 Å². The summed E-state index contributed by atoms with van der Waals surface area (Å²) in [6.45, 7) is 2.07. The van der Waals surface area contributed by atoms with E-state index in [2.05, 4.69) is 34.1 Å². The van der Waals surface area contributed by atoms with E-state index in [0.717, 1.165) is 30.3 Å². The third kappa shape index (κ3) is 2.25. The Morgan fingerprint density at radius 3 is 3.07 bits per heavy atom. The monoisotopic (exact) mass is 265 g/mol. The molecule has 2 rings (SSSR count). The zero-order valence-corrected chi connectivity index (χ0v) is 10.3. The smallest absolute Gasteiger partial charge is 0.219 e. The van der Waals surface area contributed by atoms with Crippen molar-refractivity contribution in [3.8, 4) is 0 Å². The second kappa shape index (κ2) is 4.39. The first-order chi connectivity index (χ1) is 7.20. The van der Waals surface area contributed by atoms with Gasteiger partial charge in [0.15, 0.2) is 0 Å². The number of nitrogens with one attached hydrogen (secondary N) is 1. The summed E-state index contributed by atoms with van der Waals surface area (Å²) in [4.78, 5) is 11.8. The third-order valence-electron chi connectivity index (χ3n) is 2.95. The van der Waals surface area contributed by atoms with Gasteiger partial charge in [-0.25, -0.2) is 0 Å². The van der Waals surface area contributed by atoms with Crippen LogP contribution in [0, 0.1) is 0 Å². The molecule has 0 fully saturated rings. The molecule has 0 saturated carbocycles. The van der Waals surface area contributed by atoms with E-state index in [0.29, 0.717) is 0 Å². The van der Waals surface area contributed by atoms with Gasteiger partial charge in [0.2, 0.25) is 5.91 Å². The molecule has 0 saturated heterocycles. The molecule has 1 unspecified atom stereocenters. The lowest BCUT2D eigenvalue weighted by molar-refractivity contribution is -0.116. The van der Waals surface area contributed by atoms with Crippen molar-refractivity contribution in [1.29, 1.82) is 0 Å². The van der Waals surface area contributed by atoms with Gasteiger partial charge < -0.3 is 5.32 Å². The molecule has 1 atom stereocenters. The van der Waals surface area contributed by atoms with Crippen LogP contribution in [0.5, 0.6) is 0 Å². The van der Waals surface area contributed by atoms with Gasteiger partial charge in [-0.05, 0) is 36.6 Å².